The molecule has 0 amide bonds. The van der Waals surface area contributed by atoms with Gasteiger partial charge in [0.05, 0.1) is 0 Å². The Kier molecular flexibility index (Phi) is 1.84. The molecule has 0 saturated heterocycles. The molecule has 74 valence electrons. The average molecular weight is 192 g/mol. The van der Waals surface area contributed by atoms with Crippen LogP contribution >= 0.6 is 0 Å². The van der Waals surface area contributed by atoms with Gasteiger partial charge >= 0.3 is 0 Å². The number of carbonyl (C=O) groups is 2. The average Bonchev–Trinajstić information content (AvgIpc) is 2.15. The number of Topliss-reactive ketones (excluding diaryl/α,β-unsaturated/α-hetero) is 1. The molecule has 0 aromatic heterocycles. The van der Waals surface area contributed by atoms with E-state index in [1.165, 1.54) is 0 Å². The van der Waals surface area contributed by atoms with E-state index in [0.29, 0.717) is 12.8 Å². The number of allylic oxidation sites excluding steroid dienone is 4. The first kappa shape index (κ1) is 9.19. The molecular weight excluding hydrogens is 180 g/mol. The summed E-state index contributed by atoms with van der Waals surface area (Å²) in [5, 5.41) is 9.32. The monoisotopic (exact) mass is 192 g/mol. The van der Waals surface area contributed by atoms with Gasteiger partial charge in [-0.1, -0.05) is 19.1 Å². The molecule has 14 heavy (non-hydrogen) atoms. The molecule has 0 fully saturated rings. The summed E-state index contributed by atoms with van der Waals surface area (Å²) < 4.78 is 0. The predicted molar refractivity (Wildman–Crippen MR) is 50.7 cm³/mol. The van der Waals surface area contributed by atoms with Crippen molar-refractivity contribution in [3.8, 4) is 0 Å². The fourth-order valence-electron chi connectivity index (χ4n) is 2.24. The topological polar surface area (TPSA) is 54.4 Å². The summed E-state index contributed by atoms with van der Waals surface area (Å²) in [4.78, 5) is 23.3. The van der Waals surface area contributed by atoms with Crippen molar-refractivity contribution in [3.05, 3.63) is 24.0 Å². The van der Waals surface area contributed by atoms with Crippen LogP contribution in [0.25, 0.3) is 0 Å². The third kappa shape index (κ3) is 1.05. The summed E-state index contributed by atoms with van der Waals surface area (Å²) >= 11 is 0. The number of carbonyl (C=O) groups excluding carboxylic acids is 2. The number of rotatable bonds is 0. The van der Waals surface area contributed by atoms with Gasteiger partial charge in [0.25, 0.3) is 0 Å². The molecule has 2 atom stereocenters. The molecule has 2 aliphatic rings. The lowest BCUT2D eigenvalue weighted by Crippen LogP contribution is -2.44. The lowest BCUT2D eigenvalue weighted by molar-refractivity contribution is -0.138. The fraction of sp³-hybridized carbons (Fsp3) is 0.455. The second-order valence-electron chi connectivity index (χ2n) is 4.14. The van der Waals surface area contributed by atoms with Crippen molar-refractivity contribution >= 4 is 11.6 Å². The smallest absolute Gasteiger partial charge is 0.204 e. The molecular formula is C11H12O3. The van der Waals surface area contributed by atoms with Gasteiger partial charge in [-0.05, 0) is 12.8 Å². The van der Waals surface area contributed by atoms with E-state index in [1.54, 1.807) is 6.92 Å². The van der Waals surface area contributed by atoms with E-state index < -0.39 is 5.41 Å². The van der Waals surface area contributed by atoms with Gasteiger partial charge in [0.15, 0.2) is 11.5 Å². The van der Waals surface area contributed by atoms with Crippen LogP contribution in [-0.2, 0) is 9.59 Å². The molecule has 0 aliphatic heterocycles. The predicted octanol–water partition coefficient (Wildman–Crippen LogP) is 1.55. The molecule has 3 nitrogen and oxygen atoms in total. The van der Waals surface area contributed by atoms with Crippen molar-refractivity contribution in [2.45, 2.75) is 19.8 Å². The zero-order chi connectivity index (χ0) is 10.3. The first-order chi connectivity index (χ1) is 6.55. The molecule has 2 rings (SSSR count). The van der Waals surface area contributed by atoms with Crippen molar-refractivity contribution in [2.75, 3.05) is 0 Å². The second kappa shape index (κ2) is 2.80. The van der Waals surface area contributed by atoms with Crippen LogP contribution in [0.1, 0.15) is 19.8 Å². The van der Waals surface area contributed by atoms with Gasteiger partial charge in [0, 0.05) is 17.4 Å². The Morgan fingerprint density at radius 1 is 1.43 bits per heavy atom. The largest absolute Gasteiger partial charge is 0.504 e. The summed E-state index contributed by atoms with van der Waals surface area (Å²) in [5.41, 5.74) is -0.718. The highest BCUT2D eigenvalue weighted by molar-refractivity contribution is 6.11. The Balaban J connectivity index is 2.50. The highest BCUT2D eigenvalue weighted by Gasteiger charge is 2.48. The minimum absolute atomic E-state index is 0.131. The van der Waals surface area contributed by atoms with Crippen molar-refractivity contribution in [2.24, 2.45) is 11.3 Å². The summed E-state index contributed by atoms with van der Waals surface area (Å²) in [5.74, 6) is -1.10. The Labute approximate surface area is 82.1 Å². The van der Waals surface area contributed by atoms with Gasteiger partial charge in [-0.15, -0.1) is 0 Å². The van der Waals surface area contributed by atoms with Crippen LogP contribution in [0.4, 0.5) is 0 Å². The zero-order valence-corrected chi connectivity index (χ0v) is 7.99. The van der Waals surface area contributed by atoms with Gasteiger partial charge in [-0.2, -0.15) is 0 Å². The highest BCUT2D eigenvalue weighted by Crippen LogP contribution is 2.43. The maximum Gasteiger partial charge on any atom is 0.204 e. The van der Waals surface area contributed by atoms with Crippen LogP contribution in [0.5, 0.6) is 0 Å². The molecule has 0 heterocycles. The SMILES string of the molecule is C[C@]12CC=CC[C@H]1C(=O)C=C(O)C2=O. The molecule has 0 radical (unpaired) electrons. The van der Waals surface area contributed by atoms with Crippen LogP contribution in [0.15, 0.2) is 24.0 Å². The minimum atomic E-state index is -0.718. The van der Waals surface area contributed by atoms with Gasteiger partial charge in [0.2, 0.25) is 5.78 Å². The number of hydrogen-bond donors (Lipinski definition) is 1. The van der Waals surface area contributed by atoms with Crippen LogP contribution in [0, 0.1) is 11.3 Å². The van der Waals surface area contributed by atoms with E-state index in [1.807, 2.05) is 12.2 Å². The Bertz CT molecular complexity index is 365. The van der Waals surface area contributed by atoms with Crippen molar-refractivity contribution in [1.29, 1.82) is 0 Å². The van der Waals surface area contributed by atoms with Gasteiger partial charge in [0.1, 0.15) is 0 Å². The van der Waals surface area contributed by atoms with Crippen LogP contribution in [0.2, 0.25) is 0 Å². The highest BCUT2D eigenvalue weighted by atomic mass is 16.3. The van der Waals surface area contributed by atoms with Crippen molar-refractivity contribution in [1.82, 2.24) is 0 Å². The van der Waals surface area contributed by atoms with E-state index in [9.17, 15) is 14.7 Å². The number of aliphatic hydroxyl groups is 1. The quantitative estimate of drug-likeness (QED) is 0.592. The lowest BCUT2D eigenvalue weighted by atomic mass is 9.63. The second-order valence-corrected chi connectivity index (χ2v) is 4.14. The lowest BCUT2D eigenvalue weighted by Gasteiger charge is -2.38. The Morgan fingerprint density at radius 3 is 2.86 bits per heavy atom. The van der Waals surface area contributed by atoms with E-state index in [2.05, 4.69) is 0 Å². The van der Waals surface area contributed by atoms with E-state index >= 15 is 0 Å². The maximum atomic E-state index is 11.7. The standard InChI is InChI=1S/C11H12O3/c1-11-5-3-2-4-7(11)8(12)6-9(13)10(11)14/h2-3,6-7,13H,4-5H2,1H3/t7-,11-/m0/s1. The van der Waals surface area contributed by atoms with Crippen LogP contribution < -0.4 is 0 Å². The summed E-state index contributed by atoms with van der Waals surface area (Å²) in [6.45, 7) is 1.75. The third-order valence-corrected chi connectivity index (χ3v) is 3.22. The van der Waals surface area contributed by atoms with Crippen molar-refractivity contribution in [3.63, 3.8) is 0 Å². The van der Waals surface area contributed by atoms with Gasteiger partial charge in [-0.3, -0.25) is 9.59 Å². The number of aliphatic hydroxyl groups excluding tert-OH is 1. The first-order valence-electron chi connectivity index (χ1n) is 4.70. The molecule has 0 unspecified atom stereocenters. The molecule has 0 bridgehead atoms. The summed E-state index contributed by atoms with van der Waals surface area (Å²) in [7, 11) is 0. The molecule has 0 saturated carbocycles. The first-order valence-corrected chi connectivity index (χ1v) is 4.70. The zero-order valence-electron chi connectivity index (χ0n) is 7.99. The normalized spacial score (nSPS) is 36.6. The fourth-order valence-corrected chi connectivity index (χ4v) is 2.24. The molecule has 0 aromatic carbocycles. The number of ketones is 2. The maximum absolute atomic E-state index is 11.7. The third-order valence-electron chi connectivity index (χ3n) is 3.22. The summed E-state index contributed by atoms with van der Waals surface area (Å²) in [6, 6.07) is 0. The molecule has 0 aromatic rings. The molecule has 0 spiro atoms. The van der Waals surface area contributed by atoms with Gasteiger partial charge < -0.3 is 5.11 Å². The van der Waals surface area contributed by atoms with Crippen LogP contribution in [-0.4, -0.2) is 16.7 Å². The molecule has 3 heteroatoms. The van der Waals surface area contributed by atoms with Crippen LogP contribution in [0.3, 0.4) is 0 Å². The molecule has 1 N–H and O–H groups in total. The van der Waals surface area contributed by atoms with Crippen molar-refractivity contribution < 1.29 is 14.7 Å². The Morgan fingerprint density at radius 2 is 2.14 bits per heavy atom. The Hall–Kier alpha value is -1.38. The van der Waals surface area contributed by atoms with E-state index in [-0.39, 0.29) is 23.2 Å². The number of hydrogen-bond acceptors (Lipinski definition) is 3. The summed E-state index contributed by atoms with van der Waals surface area (Å²) in [6.07, 6.45) is 6.03. The molecule has 2 aliphatic carbocycles. The van der Waals surface area contributed by atoms with Gasteiger partial charge in [-0.25, -0.2) is 0 Å². The minimum Gasteiger partial charge on any atom is -0.504 e. The van der Waals surface area contributed by atoms with E-state index in [4.69, 9.17) is 0 Å². The number of fused-ring (bicyclic) bond motifs is 1. The van der Waals surface area contributed by atoms with E-state index in [0.717, 1.165) is 6.08 Å².